The van der Waals surface area contributed by atoms with Crippen molar-refractivity contribution in [2.24, 2.45) is 11.0 Å². The average molecular weight is 531 g/mol. The van der Waals surface area contributed by atoms with Gasteiger partial charge in [0.15, 0.2) is 0 Å². The first kappa shape index (κ1) is 25.3. The van der Waals surface area contributed by atoms with Crippen molar-refractivity contribution in [1.82, 2.24) is 10.3 Å². The summed E-state index contributed by atoms with van der Waals surface area (Å²) in [6.45, 7) is 4.02. The van der Waals surface area contributed by atoms with Gasteiger partial charge in [-0.1, -0.05) is 65.7 Å². The summed E-state index contributed by atoms with van der Waals surface area (Å²) in [6, 6.07) is 16.6. The van der Waals surface area contributed by atoms with E-state index in [0.717, 1.165) is 28.2 Å². The van der Waals surface area contributed by atoms with Gasteiger partial charge in [0.1, 0.15) is 4.88 Å². The molecule has 35 heavy (non-hydrogen) atoms. The largest absolute Gasteiger partial charge is 0.462 e. The number of nitrogens with one attached hydrogen (secondary N) is 2. The first-order valence-electron chi connectivity index (χ1n) is 11.1. The highest BCUT2D eigenvalue weighted by Gasteiger charge is 2.33. The molecular formula is C25H24Cl2N4O3S. The fourth-order valence-corrected chi connectivity index (χ4v) is 4.98. The summed E-state index contributed by atoms with van der Waals surface area (Å²) in [5.41, 5.74) is 5.43. The Morgan fingerprint density at radius 2 is 1.77 bits per heavy atom. The van der Waals surface area contributed by atoms with Crippen LogP contribution in [0.3, 0.4) is 0 Å². The number of aromatic nitrogens is 1. The molecule has 1 aliphatic heterocycles. The van der Waals surface area contributed by atoms with Crippen LogP contribution >= 0.6 is 34.5 Å². The summed E-state index contributed by atoms with van der Waals surface area (Å²) in [4.78, 5) is 28.2. The first-order chi connectivity index (χ1) is 16.8. The molecule has 4 rings (SSSR count). The molecule has 7 nitrogen and oxygen atoms in total. The fraction of sp³-hybridized carbons (Fsp3) is 0.280. The van der Waals surface area contributed by atoms with Crippen LogP contribution in [0.15, 0.2) is 64.5 Å². The zero-order valence-corrected chi connectivity index (χ0v) is 21.5. The normalized spacial score (nSPS) is 21.0. The van der Waals surface area contributed by atoms with Gasteiger partial charge in [-0.25, -0.2) is 4.79 Å². The predicted octanol–water partition coefficient (Wildman–Crippen LogP) is 5.87. The van der Waals surface area contributed by atoms with E-state index < -0.39 is 11.5 Å². The molecule has 3 aromatic rings. The van der Waals surface area contributed by atoms with E-state index in [2.05, 4.69) is 27.8 Å². The third-order valence-corrected chi connectivity index (χ3v) is 7.15. The van der Waals surface area contributed by atoms with E-state index in [-0.39, 0.29) is 34.6 Å². The number of hydrazone groups is 1. The molecule has 2 N–H and O–H groups in total. The van der Waals surface area contributed by atoms with Gasteiger partial charge in [0.2, 0.25) is 5.13 Å². The number of rotatable bonds is 6. The lowest BCUT2D eigenvalue weighted by Gasteiger charge is -2.37. The zero-order valence-electron chi connectivity index (χ0n) is 19.1. The number of halogens is 2. The number of nitrogens with zero attached hydrogens (tertiary/aromatic N) is 2. The molecule has 2 heterocycles. The second-order valence-corrected chi connectivity index (χ2v) is 10.00. The van der Waals surface area contributed by atoms with E-state index in [1.807, 2.05) is 48.5 Å². The molecular weight excluding hydrogens is 507 g/mol. The molecule has 3 atom stereocenters. The number of hydrogen-bond acceptors (Lipinski definition) is 8. The molecule has 1 aliphatic rings. The van der Waals surface area contributed by atoms with Gasteiger partial charge in [-0.2, -0.15) is 10.1 Å². The second-order valence-electron chi connectivity index (χ2n) is 8.09. The number of carbonyl (C=O) groups is 1. The zero-order chi connectivity index (χ0) is 24.9. The Bertz CT molecular complexity index is 1280. The van der Waals surface area contributed by atoms with Gasteiger partial charge in [-0.3, -0.25) is 10.2 Å². The highest BCUT2D eigenvalue weighted by atomic mass is 35.5. The molecule has 0 spiro atoms. The van der Waals surface area contributed by atoms with Gasteiger partial charge in [-0.05, 0) is 42.3 Å². The quantitative estimate of drug-likeness (QED) is 0.306. The highest BCUT2D eigenvalue weighted by molar-refractivity contribution is 7.17. The van der Waals surface area contributed by atoms with Crippen molar-refractivity contribution in [3.63, 3.8) is 0 Å². The Kier molecular flexibility index (Phi) is 8.18. The van der Waals surface area contributed by atoms with Gasteiger partial charge < -0.3 is 10.1 Å². The molecule has 2 aromatic carbocycles. The monoisotopic (exact) mass is 530 g/mol. The Morgan fingerprint density at radius 1 is 1.14 bits per heavy atom. The van der Waals surface area contributed by atoms with E-state index >= 15 is 0 Å². The van der Waals surface area contributed by atoms with Gasteiger partial charge in [0.25, 0.3) is 5.56 Å². The van der Waals surface area contributed by atoms with E-state index in [1.54, 1.807) is 6.92 Å². The third kappa shape index (κ3) is 6.27. The van der Waals surface area contributed by atoms with Crippen LogP contribution in [0, 0.1) is 5.92 Å². The summed E-state index contributed by atoms with van der Waals surface area (Å²) < 4.78 is 5.01. The SMILES string of the molecule is CCOC(=O)c1cc(=O)nc(N/N=C2/CC(c3ccc(Cl)cc3)NC(c3ccc(Cl)cc3)C2C)s1. The van der Waals surface area contributed by atoms with Gasteiger partial charge in [0, 0.05) is 46.2 Å². The van der Waals surface area contributed by atoms with Crippen LogP contribution < -0.4 is 16.3 Å². The number of ether oxygens (including phenoxy) is 1. The van der Waals surface area contributed by atoms with Crippen molar-refractivity contribution in [1.29, 1.82) is 0 Å². The number of piperidine rings is 1. The van der Waals surface area contributed by atoms with Crippen LogP contribution in [0.5, 0.6) is 0 Å². The van der Waals surface area contributed by atoms with E-state index in [4.69, 9.17) is 27.9 Å². The first-order valence-corrected chi connectivity index (χ1v) is 12.7. The summed E-state index contributed by atoms with van der Waals surface area (Å²) in [5, 5.41) is 9.94. The summed E-state index contributed by atoms with van der Waals surface area (Å²) in [6.07, 6.45) is 0.631. The minimum Gasteiger partial charge on any atom is -0.462 e. The Balaban J connectivity index is 1.65. The van der Waals surface area contributed by atoms with Crippen LogP contribution in [-0.2, 0) is 4.74 Å². The second kappa shape index (κ2) is 11.3. The van der Waals surface area contributed by atoms with Crippen molar-refractivity contribution in [2.45, 2.75) is 32.4 Å². The van der Waals surface area contributed by atoms with E-state index in [1.165, 1.54) is 6.07 Å². The molecule has 1 fully saturated rings. The molecule has 0 amide bonds. The van der Waals surface area contributed by atoms with Crippen LogP contribution in [-0.4, -0.2) is 23.3 Å². The number of anilines is 1. The maximum absolute atomic E-state index is 12.1. The number of benzene rings is 2. The summed E-state index contributed by atoms with van der Waals surface area (Å²) in [5.74, 6) is -0.536. The van der Waals surface area contributed by atoms with Crippen LogP contribution in [0.25, 0.3) is 0 Å². The lowest BCUT2D eigenvalue weighted by atomic mass is 9.81. The lowest BCUT2D eigenvalue weighted by Crippen LogP contribution is -2.41. The molecule has 10 heteroatoms. The van der Waals surface area contributed by atoms with E-state index in [9.17, 15) is 9.59 Å². The van der Waals surface area contributed by atoms with Crippen LogP contribution in [0.4, 0.5) is 5.13 Å². The smallest absolute Gasteiger partial charge is 0.348 e. The fourth-order valence-electron chi connectivity index (χ4n) is 3.99. The maximum atomic E-state index is 12.1. The van der Waals surface area contributed by atoms with Gasteiger partial charge in [0.05, 0.1) is 6.61 Å². The Morgan fingerprint density at radius 3 is 2.40 bits per heavy atom. The molecule has 182 valence electrons. The lowest BCUT2D eigenvalue weighted by molar-refractivity contribution is 0.0531. The van der Waals surface area contributed by atoms with Crippen molar-refractivity contribution >= 4 is 51.4 Å². The summed E-state index contributed by atoms with van der Waals surface area (Å²) >= 11 is 13.2. The number of carbonyl (C=O) groups excluding carboxylic acids is 1. The topological polar surface area (TPSA) is 92.7 Å². The van der Waals surface area contributed by atoms with Crippen LogP contribution in [0.1, 0.15) is 53.2 Å². The Hall–Kier alpha value is -2.78. The van der Waals surface area contributed by atoms with E-state index in [0.29, 0.717) is 16.5 Å². The molecule has 3 unspecified atom stereocenters. The summed E-state index contributed by atoms with van der Waals surface area (Å²) in [7, 11) is 0. The minimum atomic E-state index is -0.562. The Labute approximate surface area is 217 Å². The van der Waals surface area contributed by atoms with Crippen molar-refractivity contribution in [3.8, 4) is 0 Å². The van der Waals surface area contributed by atoms with Crippen molar-refractivity contribution in [3.05, 3.63) is 91.0 Å². The number of esters is 1. The molecule has 0 radical (unpaired) electrons. The van der Waals surface area contributed by atoms with Crippen molar-refractivity contribution < 1.29 is 9.53 Å². The standard InChI is InChI=1S/C25H24Cl2N4O3S/c1-3-34-24(33)21-13-22(32)29-25(35-21)31-30-19-12-20(15-4-8-17(26)9-5-15)28-23(14(19)2)16-6-10-18(27)11-7-16/h4-11,13-14,20,23,28H,3,12H2,1-2H3,(H,29,31,32)/b30-19-. The maximum Gasteiger partial charge on any atom is 0.348 e. The third-order valence-electron chi connectivity index (χ3n) is 5.77. The molecule has 0 saturated carbocycles. The average Bonchev–Trinajstić information content (AvgIpc) is 2.84. The predicted molar refractivity (Wildman–Crippen MR) is 141 cm³/mol. The molecule has 1 aromatic heterocycles. The van der Waals surface area contributed by atoms with Gasteiger partial charge >= 0.3 is 5.97 Å². The minimum absolute atomic E-state index is 0.0118. The van der Waals surface area contributed by atoms with Crippen molar-refractivity contribution in [2.75, 3.05) is 12.0 Å². The van der Waals surface area contributed by atoms with Crippen LogP contribution in [0.2, 0.25) is 10.0 Å². The van der Waals surface area contributed by atoms with Gasteiger partial charge in [-0.15, -0.1) is 0 Å². The molecule has 0 aliphatic carbocycles. The highest BCUT2D eigenvalue weighted by Crippen LogP contribution is 2.36. The molecule has 0 bridgehead atoms. The number of hydrogen-bond donors (Lipinski definition) is 2. The molecule has 1 saturated heterocycles.